The van der Waals surface area contributed by atoms with Crippen LogP contribution in [0.15, 0.2) is 17.5 Å². The third-order valence-corrected chi connectivity index (χ3v) is 5.05. The number of amides is 2. The van der Waals surface area contributed by atoms with Gasteiger partial charge in [0.25, 0.3) is 0 Å². The molecule has 2 amide bonds. The van der Waals surface area contributed by atoms with Crippen molar-refractivity contribution in [2.75, 3.05) is 19.7 Å². The van der Waals surface area contributed by atoms with Crippen molar-refractivity contribution in [3.63, 3.8) is 0 Å². The maximum atomic E-state index is 11.6. The Bertz CT molecular complexity index is 439. The zero-order valence-electron chi connectivity index (χ0n) is 13.1. The predicted molar refractivity (Wildman–Crippen MR) is 88.1 cm³/mol. The van der Waals surface area contributed by atoms with Crippen LogP contribution in [0.3, 0.4) is 0 Å². The molecule has 1 aromatic heterocycles. The summed E-state index contributed by atoms with van der Waals surface area (Å²) in [5.74, 6) is 0.614. The topological polar surface area (TPSA) is 70.6 Å². The fourth-order valence-corrected chi connectivity index (χ4v) is 3.45. The van der Waals surface area contributed by atoms with Crippen LogP contribution in [0.2, 0.25) is 0 Å². The molecule has 1 aromatic rings. The second kappa shape index (κ2) is 9.12. The van der Waals surface area contributed by atoms with E-state index in [0.29, 0.717) is 25.2 Å². The smallest absolute Gasteiger partial charge is 0.314 e. The van der Waals surface area contributed by atoms with Gasteiger partial charge in [0.15, 0.2) is 0 Å². The van der Waals surface area contributed by atoms with Gasteiger partial charge in [0, 0.05) is 11.4 Å². The molecule has 0 radical (unpaired) electrons. The molecule has 3 atom stereocenters. The third-order valence-electron chi connectivity index (χ3n) is 4.08. The summed E-state index contributed by atoms with van der Waals surface area (Å²) < 4.78 is 5.84. The number of carbonyl (C=O) groups excluding carboxylic acids is 1. The van der Waals surface area contributed by atoms with E-state index in [2.05, 4.69) is 17.6 Å². The Kier molecular flexibility index (Phi) is 7.15. The summed E-state index contributed by atoms with van der Waals surface area (Å²) in [6.45, 7) is 3.48. The lowest BCUT2D eigenvalue weighted by Gasteiger charge is -2.28. The molecule has 1 saturated carbocycles. The zero-order valence-corrected chi connectivity index (χ0v) is 13.9. The van der Waals surface area contributed by atoms with Gasteiger partial charge in [-0.1, -0.05) is 25.8 Å². The quantitative estimate of drug-likeness (QED) is 0.675. The Morgan fingerprint density at radius 2 is 2.27 bits per heavy atom. The Morgan fingerprint density at radius 3 is 3.00 bits per heavy atom. The molecule has 0 saturated heterocycles. The van der Waals surface area contributed by atoms with Gasteiger partial charge in [-0.3, -0.25) is 0 Å². The van der Waals surface area contributed by atoms with Gasteiger partial charge in [0.2, 0.25) is 0 Å². The first-order valence-corrected chi connectivity index (χ1v) is 8.89. The van der Waals surface area contributed by atoms with Crippen LogP contribution in [-0.2, 0) is 4.74 Å². The Labute approximate surface area is 136 Å². The highest BCUT2D eigenvalue weighted by atomic mass is 32.1. The number of aliphatic hydroxyl groups is 1. The molecule has 0 unspecified atom stereocenters. The van der Waals surface area contributed by atoms with Crippen molar-refractivity contribution in [2.45, 2.75) is 44.8 Å². The molecule has 0 bridgehead atoms. The first kappa shape index (κ1) is 17.2. The van der Waals surface area contributed by atoms with Gasteiger partial charge in [-0.15, -0.1) is 11.3 Å². The third kappa shape index (κ3) is 5.59. The van der Waals surface area contributed by atoms with E-state index in [1.165, 1.54) is 30.6 Å². The average molecular weight is 326 g/mol. The molecule has 1 fully saturated rings. The fourth-order valence-electron chi connectivity index (χ4n) is 2.74. The number of urea groups is 1. The van der Waals surface area contributed by atoms with E-state index in [4.69, 9.17) is 4.74 Å². The van der Waals surface area contributed by atoms with Crippen molar-refractivity contribution in [1.82, 2.24) is 10.6 Å². The van der Waals surface area contributed by atoms with Crippen LogP contribution in [-0.4, -0.2) is 36.9 Å². The van der Waals surface area contributed by atoms with Gasteiger partial charge in [-0.2, -0.15) is 0 Å². The van der Waals surface area contributed by atoms with E-state index in [-0.39, 0.29) is 12.6 Å². The molecule has 3 N–H and O–H groups in total. The van der Waals surface area contributed by atoms with Crippen molar-refractivity contribution < 1.29 is 14.6 Å². The highest BCUT2D eigenvalue weighted by Crippen LogP contribution is 2.25. The minimum atomic E-state index is -0.648. The molecule has 0 aliphatic heterocycles. The summed E-state index contributed by atoms with van der Waals surface area (Å²) in [6, 6.07) is 3.47. The van der Waals surface area contributed by atoms with E-state index in [1.54, 1.807) is 0 Å². The Balaban J connectivity index is 1.54. The van der Waals surface area contributed by atoms with E-state index in [1.807, 2.05) is 17.5 Å². The van der Waals surface area contributed by atoms with E-state index in [0.717, 1.165) is 11.3 Å². The standard InChI is InChI=1S/C16H26N2O3S/c1-12-5-2-3-6-14(12)21-9-8-17-16(20)18-11-13(19)15-7-4-10-22-15/h4,7,10,12-14,19H,2-3,5-6,8-9,11H2,1H3,(H2,17,18,20)/t12-,13+,14+/m0/s1. The molecular weight excluding hydrogens is 300 g/mol. The molecule has 2 rings (SSSR count). The lowest BCUT2D eigenvalue weighted by atomic mass is 9.88. The molecule has 124 valence electrons. The van der Waals surface area contributed by atoms with Crippen molar-refractivity contribution >= 4 is 17.4 Å². The number of thiophene rings is 1. The molecule has 1 heterocycles. The number of nitrogens with one attached hydrogen (secondary N) is 2. The number of rotatable bonds is 7. The van der Waals surface area contributed by atoms with Crippen molar-refractivity contribution in [1.29, 1.82) is 0 Å². The minimum absolute atomic E-state index is 0.215. The first-order valence-electron chi connectivity index (χ1n) is 8.01. The SMILES string of the molecule is C[C@H]1CCCC[C@H]1OCCNC(=O)NC[C@@H](O)c1cccs1. The molecule has 5 nitrogen and oxygen atoms in total. The summed E-state index contributed by atoms with van der Waals surface area (Å²) in [5.41, 5.74) is 0. The van der Waals surface area contributed by atoms with Crippen LogP contribution < -0.4 is 10.6 Å². The molecule has 6 heteroatoms. The highest BCUT2D eigenvalue weighted by Gasteiger charge is 2.21. The summed E-state index contributed by atoms with van der Waals surface area (Å²) >= 11 is 1.48. The van der Waals surface area contributed by atoms with Crippen molar-refractivity contribution in [2.24, 2.45) is 5.92 Å². The number of hydrogen-bond acceptors (Lipinski definition) is 4. The van der Waals surface area contributed by atoms with Gasteiger partial charge in [-0.25, -0.2) is 4.79 Å². The number of carbonyl (C=O) groups is 1. The van der Waals surface area contributed by atoms with E-state index in [9.17, 15) is 9.90 Å². The number of ether oxygens (including phenoxy) is 1. The normalized spacial score (nSPS) is 23.0. The van der Waals surface area contributed by atoms with Crippen LogP contribution in [0.1, 0.15) is 43.6 Å². The Morgan fingerprint density at radius 1 is 1.45 bits per heavy atom. The summed E-state index contributed by atoms with van der Waals surface area (Å²) in [6.07, 6.45) is 4.58. The monoisotopic (exact) mass is 326 g/mol. The zero-order chi connectivity index (χ0) is 15.8. The van der Waals surface area contributed by atoms with Crippen LogP contribution in [0, 0.1) is 5.92 Å². The van der Waals surface area contributed by atoms with Gasteiger partial charge in [0.05, 0.1) is 19.3 Å². The fraction of sp³-hybridized carbons (Fsp3) is 0.688. The van der Waals surface area contributed by atoms with Crippen molar-refractivity contribution in [3.8, 4) is 0 Å². The van der Waals surface area contributed by atoms with Gasteiger partial charge in [0.1, 0.15) is 6.10 Å². The number of hydrogen-bond donors (Lipinski definition) is 3. The van der Waals surface area contributed by atoms with E-state index < -0.39 is 6.10 Å². The lowest BCUT2D eigenvalue weighted by molar-refractivity contribution is -0.00244. The summed E-state index contributed by atoms with van der Waals surface area (Å²) in [7, 11) is 0. The second-order valence-corrected chi connectivity index (χ2v) is 6.82. The second-order valence-electron chi connectivity index (χ2n) is 5.84. The number of aliphatic hydroxyl groups excluding tert-OH is 1. The van der Waals surface area contributed by atoms with E-state index >= 15 is 0 Å². The van der Waals surface area contributed by atoms with Crippen LogP contribution in [0.5, 0.6) is 0 Å². The van der Waals surface area contributed by atoms with Gasteiger partial charge >= 0.3 is 6.03 Å². The Hall–Kier alpha value is -1.11. The maximum Gasteiger partial charge on any atom is 0.314 e. The van der Waals surface area contributed by atoms with Gasteiger partial charge < -0.3 is 20.5 Å². The van der Waals surface area contributed by atoms with Crippen LogP contribution >= 0.6 is 11.3 Å². The molecule has 0 aromatic carbocycles. The summed E-state index contributed by atoms with van der Waals surface area (Å²) in [4.78, 5) is 12.5. The molecule has 1 aliphatic carbocycles. The van der Waals surface area contributed by atoms with Gasteiger partial charge in [-0.05, 0) is 30.2 Å². The average Bonchev–Trinajstić information content (AvgIpc) is 3.05. The molecular formula is C16H26N2O3S. The molecule has 1 aliphatic rings. The van der Waals surface area contributed by atoms with Crippen LogP contribution in [0.25, 0.3) is 0 Å². The minimum Gasteiger partial charge on any atom is -0.386 e. The highest BCUT2D eigenvalue weighted by molar-refractivity contribution is 7.10. The lowest BCUT2D eigenvalue weighted by Crippen LogP contribution is -2.40. The largest absolute Gasteiger partial charge is 0.386 e. The predicted octanol–water partition coefficient (Wildman–Crippen LogP) is 2.68. The first-order chi connectivity index (χ1) is 10.7. The van der Waals surface area contributed by atoms with Crippen LogP contribution in [0.4, 0.5) is 4.79 Å². The molecule has 0 spiro atoms. The maximum absolute atomic E-state index is 11.6. The van der Waals surface area contributed by atoms with Crippen molar-refractivity contribution in [3.05, 3.63) is 22.4 Å². The molecule has 22 heavy (non-hydrogen) atoms. The summed E-state index contributed by atoms with van der Waals surface area (Å²) in [5, 5.41) is 17.2.